The molecular formula is C33H32Cl5N13O5S. The van der Waals surface area contributed by atoms with Crippen LogP contribution in [0.3, 0.4) is 0 Å². The van der Waals surface area contributed by atoms with Gasteiger partial charge in [-0.05, 0) is 79.3 Å². The number of carbonyl (C=O) groups excluding carboxylic acids is 2. The molecule has 1 aromatic carbocycles. The fourth-order valence-corrected chi connectivity index (χ4v) is 5.05. The number of esters is 1. The number of nitrogens with zero attached hydrogens (tertiary/aromatic N) is 6. The number of amides is 1. The van der Waals surface area contributed by atoms with Crippen LogP contribution in [0.15, 0.2) is 59.6 Å². The van der Waals surface area contributed by atoms with Gasteiger partial charge in [-0.3, -0.25) is 14.4 Å². The van der Waals surface area contributed by atoms with Crippen LogP contribution in [0, 0.1) is 0 Å². The molecule has 0 unspecified atom stereocenters. The summed E-state index contributed by atoms with van der Waals surface area (Å²) in [4.78, 5) is 61.8. The maximum absolute atomic E-state index is 11.9. The number of hydrogen-bond donors (Lipinski definition) is 8. The quantitative estimate of drug-likeness (QED) is 0.0306. The van der Waals surface area contributed by atoms with E-state index in [-0.39, 0.29) is 37.3 Å². The molecule has 0 saturated heterocycles. The molecule has 0 saturated carbocycles. The van der Waals surface area contributed by atoms with E-state index in [4.69, 9.17) is 74.6 Å². The molecule has 18 nitrogen and oxygen atoms in total. The fraction of sp³-hybridized carbons (Fsp3) is 0.182. The van der Waals surface area contributed by atoms with Gasteiger partial charge in [0.25, 0.3) is 0 Å². The summed E-state index contributed by atoms with van der Waals surface area (Å²) in [5.41, 5.74) is 14.3. The summed E-state index contributed by atoms with van der Waals surface area (Å²) in [6.07, 6.45) is 0. The molecule has 57 heavy (non-hydrogen) atoms. The van der Waals surface area contributed by atoms with Gasteiger partial charge in [0.05, 0.1) is 35.0 Å². The van der Waals surface area contributed by atoms with Crippen molar-refractivity contribution in [2.24, 2.45) is 4.99 Å². The van der Waals surface area contributed by atoms with E-state index in [1.165, 1.54) is 0 Å². The molecule has 6 aromatic rings. The number of benzene rings is 1. The number of ether oxygens (including phenoxy) is 1. The first-order chi connectivity index (χ1) is 27.1. The summed E-state index contributed by atoms with van der Waals surface area (Å²) in [7, 11) is 0. The number of nitrogen functional groups attached to an aromatic ring is 2. The number of carboxylic acids is 1. The maximum atomic E-state index is 11.9. The Labute approximate surface area is 354 Å². The zero-order chi connectivity index (χ0) is 41.9. The lowest BCUT2D eigenvalue weighted by Crippen LogP contribution is -2.29. The van der Waals surface area contributed by atoms with Crippen molar-refractivity contribution in [2.75, 3.05) is 48.3 Å². The second-order valence-electron chi connectivity index (χ2n) is 10.7. The Morgan fingerprint density at radius 2 is 1.33 bits per heavy atom. The molecular weight excluding hydrogens is 868 g/mol. The number of aromatic nitrogens is 7. The topological polar surface area (TPSA) is 277 Å². The van der Waals surface area contributed by atoms with Gasteiger partial charge in [0.2, 0.25) is 17.8 Å². The van der Waals surface area contributed by atoms with Crippen molar-refractivity contribution >= 4 is 139 Å². The Hall–Kier alpha value is -5.53. The number of carbonyl (C=O) groups is 3. The number of carboxylic acid groups (broad SMARTS) is 1. The standard InChI is InChI=1S/C15H12Cl3N5O.C8H7ClN4O2.C5H6ClN3.C5H7NO2S/c16-9-3-8(4-10(17)5-9)6-19-13(24)7-20-15-21-11-1-2-12(18)22-14(11)23-15;9-5-2-1-4-7(12-5)13-8(11-4)10-3-6(14)15;6-4-2-1-3(7)5(8)9-4;1-2-8-5(7)3-6-4-9/h1-5H,6-7H2,(H,19,24)(H2,20,21,22,23);1-2H,3H2,(H,14,15)(H2,10,11,12,13);1-2H,7H2,(H2,8,9);2-3H2,1H3. The highest BCUT2D eigenvalue weighted by Gasteiger charge is 2.08. The van der Waals surface area contributed by atoms with Crippen molar-refractivity contribution in [3.63, 3.8) is 0 Å². The van der Waals surface area contributed by atoms with Gasteiger partial charge in [0.15, 0.2) is 11.3 Å². The number of hydrogen-bond acceptors (Lipinski definition) is 15. The van der Waals surface area contributed by atoms with Crippen molar-refractivity contribution in [2.45, 2.75) is 13.5 Å². The van der Waals surface area contributed by atoms with Crippen LogP contribution in [0.1, 0.15) is 12.5 Å². The number of aliphatic carboxylic acids is 1. The molecule has 0 radical (unpaired) electrons. The van der Waals surface area contributed by atoms with Crippen LogP contribution in [-0.2, 0) is 25.7 Å². The molecule has 0 bridgehead atoms. The molecule has 10 N–H and O–H groups in total. The predicted octanol–water partition coefficient (Wildman–Crippen LogP) is 6.31. The molecule has 0 aliphatic heterocycles. The summed E-state index contributed by atoms with van der Waals surface area (Å²) in [6.45, 7) is 2.29. The summed E-state index contributed by atoms with van der Waals surface area (Å²) in [5, 5.41) is 20.9. The number of nitrogens with one attached hydrogen (secondary N) is 5. The van der Waals surface area contributed by atoms with Crippen LogP contribution < -0.4 is 27.4 Å². The minimum Gasteiger partial charge on any atom is -0.480 e. The van der Waals surface area contributed by atoms with E-state index in [1.807, 2.05) is 0 Å². The van der Waals surface area contributed by atoms with Crippen molar-refractivity contribution < 1.29 is 24.2 Å². The first kappa shape index (κ1) is 45.9. The van der Waals surface area contributed by atoms with Gasteiger partial charge in [-0.2, -0.15) is 9.97 Å². The molecule has 0 aliphatic carbocycles. The number of aromatic amines is 2. The summed E-state index contributed by atoms with van der Waals surface area (Å²) >= 11 is 33.0. The van der Waals surface area contributed by atoms with Gasteiger partial charge >= 0.3 is 11.9 Å². The highest BCUT2D eigenvalue weighted by molar-refractivity contribution is 7.78. The first-order valence-electron chi connectivity index (χ1n) is 16.0. The van der Waals surface area contributed by atoms with Crippen LogP contribution in [-0.4, -0.2) is 89.2 Å². The van der Waals surface area contributed by atoms with Gasteiger partial charge in [-0.15, -0.1) is 0 Å². The number of rotatable bonds is 11. The van der Waals surface area contributed by atoms with E-state index in [2.05, 4.69) is 77.9 Å². The van der Waals surface area contributed by atoms with E-state index in [0.717, 1.165) is 11.1 Å². The summed E-state index contributed by atoms with van der Waals surface area (Å²) in [5.74, 6) is -0.431. The third-order valence-corrected chi connectivity index (χ3v) is 7.56. The zero-order valence-electron chi connectivity index (χ0n) is 29.4. The monoisotopic (exact) mass is 897 g/mol. The average molecular weight is 900 g/mol. The van der Waals surface area contributed by atoms with E-state index in [1.54, 1.807) is 61.5 Å². The molecule has 0 aliphatic rings. The summed E-state index contributed by atoms with van der Waals surface area (Å²) in [6, 6.07) is 15.1. The lowest BCUT2D eigenvalue weighted by Gasteiger charge is -2.07. The fourth-order valence-electron chi connectivity index (χ4n) is 3.97. The van der Waals surface area contributed by atoms with Crippen LogP contribution in [0.25, 0.3) is 22.3 Å². The number of fused-ring (bicyclic) bond motifs is 2. The smallest absolute Gasteiger partial charge is 0.328 e. The molecule has 5 heterocycles. The van der Waals surface area contributed by atoms with Crippen LogP contribution in [0.5, 0.6) is 0 Å². The van der Waals surface area contributed by atoms with E-state index >= 15 is 0 Å². The Morgan fingerprint density at radius 1 is 0.807 bits per heavy atom. The molecule has 300 valence electrons. The number of H-pyrrole nitrogens is 2. The molecule has 6 rings (SSSR count). The molecule has 0 fully saturated rings. The third kappa shape index (κ3) is 17.0. The van der Waals surface area contributed by atoms with Crippen LogP contribution in [0.4, 0.5) is 23.4 Å². The van der Waals surface area contributed by atoms with Crippen molar-refractivity contribution in [1.29, 1.82) is 0 Å². The number of isothiocyanates is 1. The Kier molecular flexibility index (Phi) is 18.9. The Bertz CT molecular complexity index is 2340. The number of aliphatic imine (C=N–C) groups is 1. The normalized spacial score (nSPS) is 10.0. The minimum atomic E-state index is -0.957. The molecule has 5 aromatic heterocycles. The number of imidazole rings is 2. The van der Waals surface area contributed by atoms with Crippen molar-refractivity contribution in [3.05, 3.63) is 85.7 Å². The zero-order valence-corrected chi connectivity index (χ0v) is 34.0. The minimum absolute atomic E-state index is 0.0165. The number of thiocarbonyl (C=S) groups is 1. The number of halogens is 5. The van der Waals surface area contributed by atoms with Crippen molar-refractivity contribution in [1.82, 2.24) is 40.2 Å². The van der Waals surface area contributed by atoms with Gasteiger partial charge < -0.3 is 47.2 Å². The van der Waals surface area contributed by atoms with E-state index in [9.17, 15) is 14.4 Å². The van der Waals surface area contributed by atoms with Crippen molar-refractivity contribution in [3.8, 4) is 0 Å². The van der Waals surface area contributed by atoms with Gasteiger partial charge in [0, 0.05) is 16.6 Å². The first-order valence-corrected chi connectivity index (χ1v) is 18.3. The maximum Gasteiger partial charge on any atom is 0.328 e. The highest BCUT2D eigenvalue weighted by atomic mass is 35.5. The molecule has 0 spiro atoms. The molecule has 1 amide bonds. The lowest BCUT2D eigenvalue weighted by molar-refractivity contribution is -0.141. The highest BCUT2D eigenvalue weighted by Crippen LogP contribution is 2.19. The largest absolute Gasteiger partial charge is 0.480 e. The van der Waals surface area contributed by atoms with Crippen LogP contribution in [0.2, 0.25) is 25.5 Å². The predicted molar refractivity (Wildman–Crippen MR) is 225 cm³/mol. The summed E-state index contributed by atoms with van der Waals surface area (Å²) < 4.78 is 4.52. The average Bonchev–Trinajstić information content (AvgIpc) is 3.76. The number of nitrogens with two attached hydrogens (primary N) is 2. The lowest BCUT2D eigenvalue weighted by atomic mass is 10.2. The number of pyridine rings is 3. The number of anilines is 4. The SMILES string of the molecule is CCOC(=O)CN=C=S.Nc1ccc(Cl)nc1N.O=C(CNc1nc2nc(Cl)ccc2[nH]1)NCc1cc(Cl)cc(Cl)c1.O=C(O)CNc1nc2nc(Cl)ccc2[nH]1. The van der Waals surface area contributed by atoms with Gasteiger partial charge in [0.1, 0.15) is 34.4 Å². The second-order valence-corrected chi connectivity index (χ2v) is 12.9. The van der Waals surface area contributed by atoms with Crippen LogP contribution >= 0.6 is 70.2 Å². The Morgan fingerprint density at radius 3 is 1.82 bits per heavy atom. The van der Waals surface area contributed by atoms with Gasteiger partial charge in [-0.1, -0.05) is 58.0 Å². The second kappa shape index (κ2) is 23.5. The molecule has 0 atom stereocenters. The van der Waals surface area contributed by atoms with E-state index in [0.29, 0.717) is 73.1 Å². The third-order valence-electron chi connectivity index (χ3n) is 6.36. The Balaban J connectivity index is 0.000000225. The van der Waals surface area contributed by atoms with E-state index < -0.39 is 5.97 Å². The molecule has 24 heteroatoms. The van der Waals surface area contributed by atoms with Gasteiger partial charge in [-0.25, -0.2) is 19.9 Å².